The number of hydrogen-bond acceptors (Lipinski definition) is 7. The van der Waals surface area contributed by atoms with Gasteiger partial charge in [-0.15, -0.1) is 0 Å². The topological polar surface area (TPSA) is 100 Å². The minimum absolute atomic E-state index is 0.0632. The van der Waals surface area contributed by atoms with E-state index in [1.54, 1.807) is 42.5 Å². The molecule has 0 spiro atoms. The Hall–Kier alpha value is -4.20. The smallest absolute Gasteiger partial charge is 0.258 e. The number of furan rings is 1. The summed E-state index contributed by atoms with van der Waals surface area (Å²) in [7, 11) is 3.05. The van der Waals surface area contributed by atoms with Gasteiger partial charge >= 0.3 is 0 Å². The molecule has 0 atom stereocenters. The van der Waals surface area contributed by atoms with E-state index in [0.29, 0.717) is 33.8 Å². The van der Waals surface area contributed by atoms with Crippen molar-refractivity contribution in [2.75, 3.05) is 20.8 Å². The zero-order valence-corrected chi connectivity index (χ0v) is 18.5. The Morgan fingerprint density at radius 3 is 2.58 bits per heavy atom. The van der Waals surface area contributed by atoms with Gasteiger partial charge in [0.2, 0.25) is 11.2 Å². The summed E-state index contributed by atoms with van der Waals surface area (Å²) >= 11 is 0. The highest BCUT2D eigenvalue weighted by Crippen LogP contribution is 2.36. The van der Waals surface area contributed by atoms with Crippen LogP contribution in [0.3, 0.4) is 0 Å². The minimum Gasteiger partial charge on any atom is -0.493 e. The fraction of sp³-hybridized carbons (Fsp3) is 0.200. The van der Waals surface area contributed by atoms with E-state index in [0.717, 1.165) is 5.56 Å². The molecule has 1 N–H and O–H groups in total. The first kappa shape index (κ1) is 22.0. The monoisotopic (exact) mass is 449 g/mol. The van der Waals surface area contributed by atoms with Crippen LogP contribution < -0.4 is 25.0 Å². The molecular formula is C25H23NO7. The number of nitrogens with one attached hydrogen (secondary N) is 1. The van der Waals surface area contributed by atoms with Gasteiger partial charge in [0, 0.05) is 5.56 Å². The summed E-state index contributed by atoms with van der Waals surface area (Å²) in [4.78, 5) is 25.6. The summed E-state index contributed by atoms with van der Waals surface area (Å²) < 4.78 is 27.7. The Balaban J connectivity index is 1.71. The second-order valence-electron chi connectivity index (χ2n) is 7.30. The van der Waals surface area contributed by atoms with Gasteiger partial charge in [0.1, 0.15) is 11.3 Å². The number of carbonyl (C=O) groups excluding carboxylic acids is 1. The van der Waals surface area contributed by atoms with Gasteiger partial charge in [0.15, 0.2) is 23.9 Å². The number of hydrogen-bond donors (Lipinski definition) is 1. The fourth-order valence-electron chi connectivity index (χ4n) is 3.37. The van der Waals surface area contributed by atoms with Gasteiger partial charge in [-0.3, -0.25) is 9.59 Å². The van der Waals surface area contributed by atoms with E-state index in [9.17, 15) is 9.59 Å². The number of carbonyl (C=O) groups is 1. The summed E-state index contributed by atoms with van der Waals surface area (Å²) in [5.41, 5.74) is 1.52. The highest BCUT2D eigenvalue weighted by molar-refractivity contribution is 5.83. The summed E-state index contributed by atoms with van der Waals surface area (Å²) in [5, 5.41) is 3.04. The third-order valence-electron chi connectivity index (χ3n) is 5.04. The lowest BCUT2D eigenvalue weighted by Gasteiger charge is -2.14. The lowest BCUT2D eigenvalue weighted by atomic mass is 10.1. The standard InChI is InChI=1S/C25H23NO7/c1-15-6-8-18-20(11-15)33-24(16-7-9-19(29-2)21(12-16)30-3)25(23(18)28)32-14-22(27)26-13-17-5-4-10-31-17/h4-12H,13-14H2,1-3H3,(H,26,27). The SMILES string of the molecule is COc1ccc(-c2oc3cc(C)ccc3c(=O)c2OCC(=O)NCc2ccco2)cc1OC. The molecule has 2 aromatic carbocycles. The van der Waals surface area contributed by atoms with Crippen LogP contribution >= 0.6 is 0 Å². The lowest BCUT2D eigenvalue weighted by molar-refractivity contribution is -0.123. The third-order valence-corrected chi connectivity index (χ3v) is 5.04. The summed E-state index contributed by atoms with van der Waals surface area (Å²) in [6.07, 6.45) is 1.52. The molecule has 0 bridgehead atoms. The number of fused-ring (bicyclic) bond motifs is 1. The van der Waals surface area contributed by atoms with Gasteiger partial charge in [-0.1, -0.05) is 6.07 Å². The van der Waals surface area contributed by atoms with Crippen molar-refractivity contribution in [3.05, 3.63) is 76.3 Å². The van der Waals surface area contributed by atoms with E-state index in [2.05, 4.69) is 5.32 Å². The van der Waals surface area contributed by atoms with E-state index in [1.165, 1.54) is 20.5 Å². The van der Waals surface area contributed by atoms with Gasteiger partial charge in [-0.25, -0.2) is 0 Å². The van der Waals surface area contributed by atoms with Crippen molar-refractivity contribution >= 4 is 16.9 Å². The number of rotatable bonds is 8. The number of ether oxygens (including phenoxy) is 3. The van der Waals surface area contributed by atoms with Gasteiger partial charge in [0.05, 0.1) is 32.4 Å². The molecular weight excluding hydrogens is 426 g/mol. The summed E-state index contributed by atoms with van der Waals surface area (Å²) in [6.45, 7) is 1.75. The van der Waals surface area contributed by atoms with Crippen LogP contribution in [0.2, 0.25) is 0 Å². The molecule has 0 aliphatic rings. The molecule has 0 unspecified atom stereocenters. The van der Waals surface area contributed by atoms with Crippen molar-refractivity contribution in [2.45, 2.75) is 13.5 Å². The van der Waals surface area contributed by atoms with Crippen LogP contribution in [0.4, 0.5) is 0 Å². The molecule has 1 amide bonds. The normalized spacial score (nSPS) is 10.8. The van der Waals surface area contributed by atoms with E-state index < -0.39 is 5.91 Å². The largest absolute Gasteiger partial charge is 0.493 e. The Bertz CT molecular complexity index is 1340. The average Bonchev–Trinajstić information content (AvgIpc) is 3.35. The molecule has 8 heteroatoms. The molecule has 0 aliphatic carbocycles. The first-order chi connectivity index (χ1) is 16.0. The first-order valence-corrected chi connectivity index (χ1v) is 10.2. The Labute approximate surface area is 189 Å². The zero-order chi connectivity index (χ0) is 23.4. The molecule has 8 nitrogen and oxygen atoms in total. The molecule has 4 rings (SSSR count). The summed E-state index contributed by atoms with van der Waals surface area (Å²) in [6, 6.07) is 13.9. The van der Waals surface area contributed by atoms with Crippen molar-refractivity contribution < 1.29 is 27.8 Å². The van der Waals surface area contributed by atoms with Gasteiger partial charge in [0.25, 0.3) is 5.91 Å². The average molecular weight is 449 g/mol. The van der Waals surface area contributed by atoms with Crippen molar-refractivity contribution in [2.24, 2.45) is 0 Å². The first-order valence-electron chi connectivity index (χ1n) is 10.2. The van der Waals surface area contributed by atoms with Gasteiger partial charge in [-0.2, -0.15) is 0 Å². The molecule has 0 saturated heterocycles. The number of amides is 1. The molecule has 0 radical (unpaired) electrons. The van der Waals surface area contributed by atoms with E-state index in [-0.39, 0.29) is 30.1 Å². The number of benzene rings is 2. The quantitative estimate of drug-likeness (QED) is 0.433. The second kappa shape index (κ2) is 9.52. The highest BCUT2D eigenvalue weighted by Gasteiger charge is 2.20. The summed E-state index contributed by atoms with van der Waals surface area (Å²) in [5.74, 6) is 1.32. The molecule has 4 aromatic rings. The fourth-order valence-corrected chi connectivity index (χ4v) is 3.37. The van der Waals surface area contributed by atoms with E-state index in [1.807, 2.05) is 13.0 Å². The van der Waals surface area contributed by atoms with Crippen molar-refractivity contribution in [3.63, 3.8) is 0 Å². The van der Waals surface area contributed by atoms with Crippen LogP contribution in [-0.4, -0.2) is 26.7 Å². The molecule has 0 fully saturated rings. The molecule has 0 saturated carbocycles. The highest BCUT2D eigenvalue weighted by atomic mass is 16.5. The molecule has 0 aliphatic heterocycles. The molecule has 170 valence electrons. The van der Waals surface area contributed by atoms with Crippen molar-refractivity contribution in [1.29, 1.82) is 0 Å². The predicted octanol–water partition coefficient (Wildman–Crippen LogP) is 4.07. The van der Waals surface area contributed by atoms with Crippen LogP contribution in [0.15, 0.2) is 68.4 Å². The number of aryl methyl sites for hydroxylation is 1. The van der Waals surface area contributed by atoms with Crippen molar-refractivity contribution in [3.8, 4) is 28.6 Å². The maximum absolute atomic E-state index is 13.3. The third kappa shape index (κ3) is 4.69. The second-order valence-corrected chi connectivity index (χ2v) is 7.30. The number of methoxy groups -OCH3 is 2. The molecule has 2 heterocycles. The predicted molar refractivity (Wildman–Crippen MR) is 122 cm³/mol. The van der Waals surface area contributed by atoms with Crippen LogP contribution in [0.25, 0.3) is 22.3 Å². The Kier molecular flexibility index (Phi) is 6.35. The van der Waals surface area contributed by atoms with E-state index in [4.69, 9.17) is 23.0 Å². The lowest BCUT2D eigenvalue weighted by Crippen LogP contribution is -2.29. The van der Waals surface area contributed by atoms with Crippen molar-refractivity contribution in [1.82, 2.24) is 5.32 Å². The van der Waals surface area contributed by atoms with Crippen LogP contribution in [0.1, 0.15) is 11.3 Å². The maximum Gasteiger partial charge on any atom is 0.258 e. The molecule has 2 aromatic heterocycles. The maximum atomic E-state index is 13.3. The van der Waals surface area contributed by atoms with E-state index >= 15 is 0 Å². The Morgan fingerprint density at radius 2 is 1.85 bits per heavy atom. The molecule has 33 heavy (non-hydrogen) atoms. The van der Waals surface area contributed by atoms with Crippen LogP contribution in [-0.2, 0) is 11.3 Å². The zero-order valence-electron chi connectivity index (χ0n) is 18.5. The Morgan fingerprint density at radius 1 is 1.03 bits per heavy atom. The van der Waals surface area contributed by atoms with Crippen LogP contribution in [0, 0.1) is 6.92 Å². The van der Waals surface area contributed by atoms with Gasteiger partial charge < -0.3 is 28.4 Å². The van der Waals surface area contributed by atoms with Gasteiger partial charge in [-0.05, 0) is 55.0 Å². The van der Waals surface area contributed by atoms with Crippen LogP contribution in [0.5, 0.6) is 17.2 Å². The minimum atomic E-state index is -0.409.